The fourth-order valence-electron chi connectivity index (χ4n) is 1.36. The Morgan fingerprint density at radius 1 is 1.40 bits per heavy atom. The Kier molecular flexibility index (Phi) is 3.97. The SMILES string of the molecule is COc1cc(CC(N)C(C)C)ccc1O. The van der Waals surface area contributed by atoms with Gasteiger partial charge in [0.05, 0.1) is 7.11 Å². The second kappa shape index (κ2) is 5.03. The summed E-state index contributed by atoms with van der Waals surface area (Å²) >= 11 is 0. The number of phenols is 1. The van der Waals surface area contributed by atoms with Gasteiger partial charge in [0.25, 0.3) is 0 Å². The summed E-state index contributed by atoms with van der Waals surface area (Å²) in [7, 11) is 1.54. The first-order valence-corrected chi connectivity index (χ1v) is 5.16. The molecule has 0 aliphatic heterocycles. The van der Waals surface area contributed by atoms with Crippen LogP contribution in [0.2, 0.25) is 0 Å². The molecule has 0 saturated carbocycles. The molecule has 15 heavy (non-hydrogen) atoms. The minimum Gasteiger partial charge on any atom is -0.504 e. The monoisotopic (exact) mass is 209 g/mol. The highest BCUT2D eigenvalue weighted by molar-refractivity contribution is 5.41. The van der Waals surface area contributed by atoms with Crippen LogP contribution in [0.1, 0.15) is 19.4 Å². The number of nitrogens with two attached hydrogens (primary N) is 1. The number of hydrogen-bond donors (Lipinski definition) is 2. The average Bonchev–Trinajstić information content (AvgIpc) is 2.20. The third kappa shape index (κ3) is 3.13. The summed E-state index contributed by atoms with van der Waals surface area (Å²) in [6, 6.07) is 5.48. The number of aromatic hydroxyl groups is 1. The molecular formula is C12H19NO2. The second-order valence-electron chi connectivity index (χ2n) is 4.12. The molecule has 1 rings (SSSR count). The zero-order valence-corrected chi connectivity index (χ0v) is 9.53. The number of hydrogen-bond acceptors (Lipinski definition) is 3. The third-order valence-corrected chi connectivity index (χ3v) is 2.57. The van der Waals surface area contributed by atoms with Crippen LogP contribution in [0.3, 0.4) is 0 Å². The van der Waals surface area contributed by atoms with Crippen LogP contribution in [0.4, 0.5) is 0 Å². The van der Waals surface area contributed by atoms with E-state index in [-0.39, 0.29) is 11.8 Å². The Morgan fingerprint density at radius 2 is 2.07 bits per heavy atom. The van der Waals surface area contributed by atoms with Crippen molar-refractivity contribution in [3.63, 3.8) is 0 Å². The fraction of sp³-hybridized carbons (Fsp3) is 0.500. The van der Waals surface area contributed by atoms with E-state index in [1.54, 1.807) is 13.2 Å². The lowest BCUT2D eigenvalue weighted by Gasteiger charge is -2.16. The molecule has 0 amide bonds. The molecule has 3 N–H and O–H groups in total. The van der Waals surface area contributed by atoms with Gasteiger partial charge in [-0.25, -0.2) is 0 Å². The van der Waals surface area contributed by atoms with Crippen molar-refractivity contribution in [1.82, 2.24) is 0 Å². The maximum Gasteiger partial charge on any atom is 0.160 e. The van der Waals surface area contributed by atoms with E-state index in [2.05, 4.69) is 13.8 Å². The highest BCUT2D eigenvalue weighted by atomic mass is 16.5. The maximum absolute atomic E-state index is 9.42. The van der Waals surface area contributed by atoms with Crippen molar-refractivity contribution >= 4 is 0 Å². The van der Waals surface area contributed by atoms with E-state index in [1.807, 2.05) is 12.1 Å². The molecule has 0 heterocycles. The van der Waals surface area contributed by atoms with Gasteiger partial charge >= 0.3 is 0 Å². The van der Waals surface area contributed by atoms with Gasteiger partial charge in [-0.05, 0) is 30.0 Å². The zero-order chi connectivity index (χ0) is 11.4. The molecule has 1 atom stereocenters. The molecule has 0 bridgehead atoms. The molecule has 0 spiro atoms. The highest BCUT2D eigenvalue weighted by Gasteiger charge is 2.10. The summed E-state index contributed by atoms with van der Waals surface area (Å²) in [5.74, 6) is 1.12. The van der Waals surface area contributed by atoms with Gasteiger partial charge in [0.1, 0.15) is 0 Å². The first kappa shape index (κ1) is 11.9. The lowest BCUT2D eigenvalue weighted by atomic mass is 9.97. The van der Waals surface area contributed by atoms with Crippen LogP contribution in [-0.4, -0.2) is 18.3 Å². The van der Waals surface area contributed by atoms with Crippen LogP contribution >= 0.6 is 0 Å². The van der Waals surface area contributed by atoms with Crippen LogP contribution in [-0.2, 0) is 6.42 Å². The summed E-state index contributed by atoms with van der Waals surface area (Å²) in [6.45, 7) is 4.20. The molecule has 3 nitrogen and oxygen atoms in total. The standard InChI is InChI=1S/C12H19NO2/c1-8(2)10(13)6-9-4-5-11(14)12(7-9)15-3/h4-5,7-8,10,14H,6,13H2,1-3H3. The predicted molar refractivity (Wildman–Crippen MR) is 61.2 cm³/mol. The molecule has 0 radical (unpaired) electrons. The van der Waals surface area contributed by atoms with Gasteiger partial charge in [0.15, 0.2) is 11.5 Å². The minimum atomic E-state index is 0.138. The van der Waals surface area contributed by atoms with Crippen LogP contribution in [0.15, 0.2) is 18.2 Å². The molecule has 1 aromatic rings. The smallest absolute Gasteiger partial charge is 0.160 e. The van der Waals surface area contributed by atoms with Crippen molar-refractivity contribution in [2.75, 3.05) is 7.11 Å². The Bertz CT molecular complexity index is 323. The van der Waals surface area contributed by atoms with Crippen molar-refractivity contribution in [3.05, 3.63) is 23.8 Å². The molecule has 84 valence electrons. The van der Waals surface area contributed by atoms with Crippen LogP contribution in [0.5, 0.6) is 11.5 Å². The number of ether oxygens (including phenoxy) is 1. The average molecular weight is 209 g/mol. The van der Waals surface area contributed by atoms with Gasteiger partial charge < -0.3 is 15.6 Å². The predicted octanol–water partition coefficient (Wildman–Crippen LogP) is 1.93. The van der Waals surface area contributed by atoms with Crippen molar-refractivity contribution < 1.29 is 9.84 Å². The fourth-order valence-corrected chi connectivity index (χ4v) is 1.36. The van der Waals surface area contributed by atoms with Crippen molar-refractivity contribution in [1.29, 1.82) is 0 Å². The lowest BCUT2D eigenvalue weighted by Crippen LogP contribution is -2.28. The van der Waals surface area contributed by atoms with Gasteiger partial charge in [-0.3, -0.25) is 0 Å². The molecule has 0 fully saturated rings. The summed E-state index contributed by atoms with van der Waals surface area (Å²) < 4.78 is 5.04. The Morgan fingerprint density at radius 3 is 2.60 bits per heavy atom. The molecule has 0 aliphatic carbocycles. The first-order valence-electron chi connectivity index (χ1n) is 5.16. The minimum absolute atomic E-state index is 0.138. The van der Waals surface area contributed by atoms with Crippen molar-refractivity contribution in [3.8, 4) is 11.5 Å². The van der Waals surface area contributed by atoms with Gasteiger partial charge in [0.2, 0.25) is 0 Å². The molecule has 3 heteroatoms. The number of methoxy groups -OCH3 is 1. The largest absolute Gasteiger partial charge is 0.504 e. The van der Waals surface area contributed by atoms with E-state index in [0.29, 0.717) is 11.7 Å². The van der Waals surface area contributed by atoms with Crippen LogP contribution in [0, 0.1) is 5.92 Å². The van der Waals surface area contributed by atoms with E-state index < -0.39 is 0 Å². The lowest BCUT2D eigenvalue weighted by molar-refractivity contribution is 0.372. The normalized spacial score (nSPS) is 12.9. The Labute approximate surface area is 90.9 Å². The summed E-state index contributed by atoms with van der Waals surface area (Å²) in [5.41, 5.74) is 7.06. The number of rotatable bonds is 4. The summed E-state index contributed by atoms with van der Waals surface area (Å²) in [5, 5.41) is 9.42. The van der Waals surface area contributed by atoms with Gasteiger partial charge in [-0.15, -0.1) is 0 Å². The van der Waals surface area contributed by atoms with Crippen molar-refractivity contribution in [2.45, 2.75) is 26.3 Å². The maximum atomic E-state index is 9.42. The topological polar surface area (TPSA) is 55.5 Å². The quantitative estimate of drug-likeness (QED) is 0.796. The molecule has 1 aromatic carbocycles. The molecule has 0 aromatic heterocycles. The first-order chi connectivity index (χ1) is 7.04. The summed E-state index contributed by atoms with van der Waals surface area (Å²) in [6.07, 6.45) is 0.800. The molecule has 0 saturated heterocycles. The van der Waals surface area contributed by atoms with Gasteiger partial charge in [0, 0.05) is 6.04 Å². The van der Waals surface area contributed by atoms with Crippen LogP contribution < -0.4 is 10.5 Å². The van der Waals surface area contributed by atoms with E-state index in [1.165, 1.54) is 0 Å². The highest BCUT2D eigenvalue weighted by Crippen LogP contribution is 2.26. The zero-order valence-electron chi connectivity index (χ0n) is 9.53. The Balaban J connectivity index is 2.78. The van der Waals surface area contributed by atoms with E-state index in [4.69, 9.17) is 10.5 Å². The van der Waals surface area contributed by atoms with Crippen molar-refractivity contribution in [2.24, 2.45) is 11.7 Å². The number of benzene rings is 1. The van der Waals surface area contributed by atoms with E-state index >= 15 is 0 Å². The molecule has 0 aliphatic rings. The van der Waals surface area contributed by atoms with E-state index in [0.717, 1.165) is 12.0 Å². The Hall–Kier alpha value is -1.22. The molecular weight excluding hydrogens is 190 g/mol. The third-order valence-electron chi connectivity index (χ3n) is 2.57. The number of phenolic OH excluding ortho intramolecular Hbond substituents is 1. The molecule has 1 unspecified atom stereocenters. The van der Waals surface area contributed by atoms with Crippen LogP contribution in [0.25, 0.3) is 0 Å². The summed E-state index contributed by atoms with van der Waals surface area (Å²) in [4.78, 5) is 0. The second-order valence-corrected chi connectivity index (χ2v) is 4.12. The van der Waals surface area contributed by atoms with Gasteiger partial charge in [-0.2, -0.15) is 0 Å². The van der Waals surface area contributed by atoms with E-state index in [9.17, 15) is 5.11 Å². The van der Waals surface area contributed by atoms with Gasteiger partial charge in [-0.1, -0.05) is 19.9 Å².